The fraction of sp³-hybridized carbons (Fsp3) is 0.867. The lowest BCUT2D eigenvalue weighted by molar-refractivity contribution is 0.219. The molecule has 4 heteroatoms. The van der Waals surface area contributed by atoms with Crippen LogP contribution in [0, 0.1) is 5.92 Å². The van der Waals surface area contributed by atoms with Crippen LogP contribution in [0.15, 0.2) is 4.52 Å². The van der Waals surface area contributed by atoms with Gasteiger partial charge in [-0.25, -0.2) is 0 Å². The molecule has 106 valence electrons. The fourth-order valence-electron chi connectivity index (χ4n) is 3.52. The minimum absolute atomic E-state index is 0.356. The maximum Gasteiger partial charge on any atom is 0.246 e. The van der Waals surface area contributed by atoms with Crippen molar-refractivity contribution < 1.29 is 4.52 Å². The van der Waals surface area contributed by atoms with Crippen molar-refractivity contribution in [2.75, 3.05) is 0 Å². The summed E-state index contributed by atoms with van der Waals surface area (Å²) in [5.74, 6) is 2.92. The van der Waals surface area contributed by atoms with Crippen LogP contribution in [-0.2, 0) is 5.54 Å². The Kier molecular flexibility index (Phi) is 3.61. The Bertz CT molecular complexity index is 415. The highest BCUT2D eigenvalue weighted by Gasteiger charge is 2.36. The van der Waals surface area contributed by atoms with Crippen molar-refractivity contribution in [3.05, 3.63) is 11.7 Å². The lowest BCUT2D eigenvalue weighted by Gasteiger charge is -2.29. The van der Waals surface area contributed by atoms with Gasteiger partial charge in [0.2, 0.25) is 5.89 Å². The molecule has 1 heterocycles. The van der Waals surface area contributed by atoms with E-state index in [9.17, 15) is 0 Å². The Hall–Kier alpha value is -0.900. The summed E-state index contributed by atoms with van der Waals surface area (Å²) in [7, 11) is 0. The van der Waals surface area contributed by atoms with Gasteiger partial charge in [0, 0.05) is 5.92 Å². The largest absolute Gasteiger partial charge is 0.337 e. The highest BCUT2D eigenvalue weighted by Crippen LogP contribution is 2.37. The quantitative estimate of drug-likeness (QED) is 0.887. The highest BCUT2D eigenvalue weighted by molar-refractivity contribution is 5.06. The maximum atomic E-state index is 6.45. The molecule has 2 N–H and O–H groups in total. The summed E-state index contributed by atoms with van der Waals surface area (Å²) in [5.41, 5.74) is 6.09. The zero-order valence-electron chi connectivity index (χ0n) is 11.9. The second kappa shape index (κ2) is 5.23. The Balaban J connectivity index is 1.72. The van der Waals surface area contributed by atoms with Crippen LogP contribution in [0.1, 0.15) is 82.3 Å². The maximum absolute atomic E-state index is 6.45. The van der Waals surface area contributed by atoms with Gasteiger partial charge in [0.1, 0.15) is 0 Å². The van der Waals surface area contributed by atoms with Gasteiger partial charge in [0.25, 0.3) is 0 Å². The molecule has 4 nitrogen and oxygen atoms in total. The van der Waals surface area contributed by atoms with E-state index in [0.29, 0.717) is 11.8 Å². The fourth-order valence-corrected chi connectivity index (χ4v) is 3.52. The van der Waals surface area contributed by atoms with Crippen molar-refractivity contribution in [2.45, 2.75) is 76.2 Å². The van der Waals surface area contributed by atoms with Crippen molar-refractivity contribution in [3.63, 3.8) is 0 Å². The second-order valence-corrected chi connectivity index (χ2v) is 6.63. The summed E-state index contributed by atoms with van der Waals surface area (Å²) < 4.78 is 5.50. The molecule has 1 aromatic heterocycles. The van der Waals surface area contributed by atoms with E-state index in [4.69, 9.17) is 10.3 Å². The molecular formula is C15H25N3O. The minimum atomic E-state index is -0.356. The van der Waals surface area contributed by atoms with Crippen molar-refractivity contribution in [1.29, 1.82) is 0 Å². The van der Waals surface area contributed by atoms with E-state index < -0.39 is 0 Å². The normalized spacial score (nSPS) is 31.3. The highest BCUT2D eigenvalue weighted by atomic mass is 16.5. The Morgan fingerprint density at radius 3 is 2.47 bits per heavy atom. The molecule has 0 radical (unpaired) electrons. The lowest BCUT2D eigenvalue weighted by Crippen LogP contribution is -2.39. The van der Waals surface area contributed by atoms with Crippen LogP contribution >= 0.6 is 0 Å². The van der Waals surface area contributed by atoms with E-state index >= 15 is 0 Å². The molecule has 0 bridgehead atoms. The van der Waals surface area contributed by atoms with Crippen LogP contribution in [0.2, 0.25) is 0 Å². The van der Waals surface area contributed by atoms with E-state index in [-0.39, 0.29) is 5.54 Å². The predicted molar refractivity (Wildman–Crippen MR) is 73.6 cm³/mol. The molecule has 3 rings (SSSR count). The van der Waals surface area contributed by atoms with Crippen LogP contribution in [0.25, 0.3) is 0 Å². The third-order valence-electron chi connectivity index (χ3n) is 4.99. The topological polar surface area (TPSA) is 64.9 Å². The van der Waals surface area contributed by atoms with Crippen LogP contribution in [-0.4, -0.2) is 10.1 Å². The first-order valence-corrected chi connectivity index (χ1v) is 7.80. The van der Waals surface area contributed by atoms with Crippen molar-refractivity contribution >= 4 is 0 Å². The van der Waals surface area contributed by atoms with E-state index in [0.717, 1.165) is 24.6 Å². The van der Waals surface area contributed by atoms with Gasteiger partial charge >= 0.3 is 0 Å². The zero-order chi connectivity index (χ0) is 13.3. The summed E-state index contributed by atoms with van der Waals surface area (Å²) in [6, 6.07) is 0. The Morgan fingerprint density at radius 2 is 1.79 bits per heavy atom. The average Bonchev–Trinajstić information content (AvgIpc) is 2.91. The van der Waals surface area contributed by atoms with Gasteiger partial charge in [-0.2, -0.15) is 4.98 Å². The van der Waals surface area contributed by atoms with Crippen LogP contribution in [0.4, 0.5) is 0 Å². The van der Waals surface area contributed by atoms with Crippen molar-refractivity contribution in [3.8, 4) is 0 Å². The number of rotatable bonds is 2. The minimum Gasteiger partial charge on any atom is -0.337 e. The molecule has 0 spiro atoms. The molecule has 0 unspecified atom stereocenters. The van der Waals surface area contributed by atoms with Crippen LogP contribution in [0.5, 0.6) is 0 Å². The summed E-state index contributed by atoms with van der Waals surface area (Å²) in [5, 5.41) is 4.22. The smallest absolute Gasteiger partial charge is 0.246 e. The molecule has 0 aliphatic heterocycles. The molecule has 19 heavy (non-hydrogen) atoms. The van der Waals surface area contributed by atoms with E-state index in [1.165, 1.54) is 44.9 Å². The number of aromatic nitrogens is 2. The molecular weight excluding hydrogens is 238 g/mol. The monoisotopic (exact) mass is 263 g/mol. The van der Waals surface area contributed by atoms with Crippen molar-refractivity contribution in [2.24, 2.45) is 11.7 Å². The molecule has 1 aromatic rings. The molecule has 2 fully saturated rings. The second-order valence-electron chi connectivity index (χ2n) is 6.63. The average molecular weight is 263 g/mol. The van der Waals surface area contributed by atoms with E-state index in [1.54, 1.807) is 0 Å². The summed E-state index contributed by atoms with van der Waals surface area (Å²) >= 11 is 0. The van der Waals surface area contributed by atoms with Crippen LogP contribution < -0.4 is 5.73 Å². The first kappa shape index (κ1) is 13.1. The Labute approximate surface area is 115 Å². The molecule has 2 aliphatic carbocycles. The third-order valence-corrected chi connectivity index (χ3v) is 4.99. The Morgan fingerprint density at radius 1 is 1.11 bits per heavy atom. The van der Waals surface area contributed by atoms with Gasteiger partial charge in [-0.1, -0.05) is 44.2 Å². The van der Waals surface area contributed by atoms with Gasteiger partial charge in [0.15, 0.2) is 5.82 Å². The lowest BCUT2D eigenvalue weighted by atomic mass is 9.82. The number of nitrogens with two attached hydrogens (primary N) is 1. The third kappa shape index (κ3) is 2.69. The zero-order valence-corrected chi connectivity index (χ0v) is 11.9. The number of hydrogen-bond acceptors (Lipinski definition) is 4. The number of hydrogen-bond donors (Lipinski definition) is 1. The SMILES string of the molecule is CC1CCC(c2noc(C3(N)CCCCC3)n2)CC1. The summed E-state index contributed by atoms with van der Waals surface area (Å²) in [4.78, 5) is 4.65. The molecule has 0 amide bonds. The standard InChI is InChI=1S/C15H25N3O/c1-11-5-7-12(8-6-11)13-17-14(19-18-13)15(16)9-3-2-4-10-15/h11-12H,2-10,16H2,1H3. The van der Waals surface area contributed by atoms with Gasteiger partial charge < -0.3 is 10.3 Å². The number of nitrogens with zero attached hydrogens (tertiary/aromatic N) is 2. The predicted octanol–water partition coefficient (Wildman–Crippen LogP) is 3.48. The van der Waals surface area contributed by atoms with Gasteiger partial charge in [-0.15, -0.1) is 0 Å². The molecule has 0 aromatic carbocycles. The van der Waals surface area contributed by atoms with Gasteiger partial charge in [-0.05, 0) is 31.6 Å². The first-order valence-electron chi connectivity index (χ1n) is 7.80. The van der Waals surface area contributed by atoms with Gasteiger partial charge in [0.05, 0.1) is 5.54 Å². The molecule has 2 saturated carbocycles. The van der Waals surface area contributed by atoms with Crippen molar-refractivity contribution in [1.82, 2.24) is 10.1 Å². The molecule has 2 aliphatic rings. The first-order chi connectivity index (χ1) is 9.17. The molecule has 0 atom stereocenters. The summed E-state index contributed by atoms with van der Waals surface area (Å²) in [6.07, 6.45) is 10.5. The molecule has 0 saturated heterocycles. The van der Waals surface area contributed by atoms with E-state index in [1.807, 2.05) is 0 Å². The summed E-state index contributed by atoms with van der Waals surface area (Å²) in [6.45, 7) is 2.33. The van der Waals surface area contributed by atoms with Crippen LogP contribution in [0.3, 0.4) is 0 Å². The van der Waals surface area contributed by atoms with E-state index in [2.05, 4.69) is 17.1 Å². The van der Waals surface area contributed by atoms with Gasteiger partial charge in [-0.3, -0.25) is 0 Å².